The number of alkyl halides is 6. The SMILES string of the molecule is COc1nc(C)cc(OC(F)(F)F)c1C(F)(F)F. The van der Waals surface area contributed by atoms with Crippen molar-refractivity contribution in [3.63, 3.8) is 0 Å². The molecule has 1 heterocycles. The summed E-state index contributed by atoms with van der Waals surface area (Å²) in [7, 11) is 0.869. The molecule has 3 nitrogen and oxygen atoms in total. The Labute approximate surface area is 97.3 Å². The molecule has 0 aromatic carbocycles. The van der Waals surface area contributed by atoms with Gasteiger partial charge >= 0.3 is 12.5 Å². The predicted molar refractivity (Wildman–Crippen MR) is 47.2 cm³/mol. The van der Waals surface area contributed by atoms with Crippen LogP contribution in [0.3, 0.4) is 0 Å². The van der Waals surface area contributed by atoms with Gasteiger partial charge in [-0.05, 0) is 6.92 Å². The summed E-state index contributed by atoms with van der Waals surface area (Å²) >= 11 is 0. The highest BCUT2D eigenvalue weighted by molar-refractivity contribution is 5.44. The van der Waals surface area contributed by atoms with Crippen LogP contribution in [0.25, 0.3) is 0 Å². The molecule has 1 aromatic rings. The molecule has 1 rings (SSSR count). The van der Waals surface area contributed by atoms with Crippen LogP contribution in [-0.2, 0) is 6.18 Å². The molecule has 0 radical (unpaired) electrons. The van der Waals surface area contributed by atoms with Crippen molar-refractivity contribution < 1.29 is 35.8 Å². The molecule has 1 aromatic heterocycles. The number of aryl methyl sites for hydroxylation is 1. The highest BCUT2D eigenvalue weighted by Gasteiger charge is 2.43. The second kappa shape index (κ2) is 4.54. The topological polar surface area (TPSA) is 31.4 Å². The average Bonchev–Trinajstić information content (AvgIpc) is 2.11. The van der Waals surface area contributed by atoms with Gasteiger partial charge in [0.25, 0.3) is 0 Å². The molecule has 0 aliphatic carbocycles. The minimum absolute atomic E-state index is 0.0981. The van der Waals surface area contributed by atoms with Crippen LogP contribution in [0.1, 0.15) is 11.3 Å². The molecule has 0 amide bonds. The Morgan fingerprint density at radius 2 is 1.67 bits per heavy atom. The maximum atomic E-state index is 12.6. The number of halogens is 6. The Bertz CT molecular complexity index is 440. The van der Waals surface area contributed by atoms with E-state index in [-0.39, 0.29) is 5.69 Å². The first-order valence-electron chi connectivity index (χ1n) is 4.43. The summed E-state index contributed by atoms with van der Waals surface area (Å²) in [5.41, 5.74) is -1.80. The van der Waals surface area contributed by atoms with Crippen LogP contribution >= 0.6 is 0 Å². The molecule has 0 bridgehead atoms. The summed E-state index contributed by atoms with van der Waals surface area (Å²) in [5, 5.41) is 0. The zero-order chi connectivity index (χ0) is 14.1. The molecule has 0 atom stereocenters. The Kier molecular flexibility index (Phi) is 3.63. The van der Waals surface area contributed by atoms with E-state index in [1.54, 1.807) is 0 Å². The molecular formula is C9H7F6NO2. The molecule has 0 N–H and O–H groups in total. The van der Waals surface area contributed by atoms with Gasteiger partial charge in [0, 0.05) is 11.8 Å². The Morgan fingerprint density at radius 1 is 1.11 bits per heavy atom. The first-order valence-corrected chi connectivity index (χ1v) is 4.43. The fourth-order valence-corrected chi connectivity index (χ4v) is 1.23. The molecule has 0 aliphatic heterocycles. The van der Waals surface area contributed by atoms with Gasteiger partial charge in [-0.25, -0.2) is 4.98 Å². The maximum Gasteiger partial charge on any atom is 0.573 e. The van der Waals surface area contributed by atoms with Crippen molar-refractivity contribution in [3.8, 4) is 11.6 Å². The Hall–Kier alpha value is -1.67. The van der Waals surface area contributed by atoms with Crippen LogP contribution in [0, 0.1) is 6.92 Å². The molecule has 0 fully saturated rings. The lowest BCUT2D eigenvalue weighted by Crippen LogP contribution is -2.21. The molecule has 0 spiro atoms. The van der Waals surface area contributed by atoms with E-state index in [0.717, 1.165) is 7.11 Å². The van der Waals surface area contributed by atoms with Crippen molar-refractivity contribution in [1.82, 2.24) is 4.98 Å². The third kappa shape index (κ3) is 3.41. The quantitative estimate of drug-likeness (QED) is 0.776. The monoisotopic (exact) mass is 275 g/mol. The van der Waals surface area contributed by atoms with Crippen LogP contribution in [0.2, 0.25) is 0 Å². The fraction of sp³-hybridized carbons (Fsp3) is 0.444. The molecule has 0 aliphatic rings. The summed E-state index contributed by atoms with van der Waals surface area (Å²) in [6.45, 7) is 1.21. The van der Waals surface area contributed by atoms with Gasteiger partial charge in [0.1, 0.15) is 5.75 Å². The fourth-order valence-electron chi connectivity index (χ4n) is 1.23. The molecule has 18 heavy (non-hydrogen) atoms. The van der Waals surface area contributed by atoms with E-state index in [1.807, 2.05) is 0 Å². The number of pyridine rings is 1. The Balaban J connectivity index is 3.43. The number of rotatable bonds is 2. The van der Waals surface area contributed by atoms with Gasteiger partial charge in [0.2, 0.25) is 5.88 Å². The minimum atomic E-state index is -5.24. The van der Waals surface area contributed by atoms with Crippen LogP contribution < -0.4 is 9.47 Å². The molecule has 0 saturated heterocycles. The number of nitrogens with zero attached hydrogens (tertiary/aromatic N) is 1. The van der Waals surface area contributed by atoms with Crippen LogP contribution in [0.4, 0.5) is 26.3 Å². The summed E-state index contributed by atoms with van der Waals surface area (Å²) in [6, 6.07) is 0.541. The smallest absolute Gasteiger partial charge is 0.480 e. The largest absolute Gasteiger partial charge is 0.573 e. The van der Waals surface area contributed by atoms with E-state index >= 15 is 0 Å². The van der Waals surface area contributed by atoms with Crippen molar-refractivity contribution in [1.29, 1.82) is 0 Å². The summed E-state index contributed by atoms with van der Waals surface area (Å²) in [6.07, 6.45) is -10.3. The minimum Gasteiger partial charge on any atom is -0.480 e. The van der Waals surface area contributed by atoms with Crippen molar-refractivity contribution in [3.05, 3.63) is 17.3 Å². The van der Waals surface area contributed by atoms with Gasteiger partial charge in [-0.3, -0.25) is 0 Å². The second-order valence-corrected chi connectivity index (χ2v) is 3.19. The van der Waals surface area contributed by atoms with Crippen molar-refractivity contribution in [2.24, 2.45) is 0 Å². The van der Waals surface area contributed by atoms with E-state index in [9.17, 15) is 26.3 Å². The van der Waals surface area contributed by atoms with Gasteiger partial charge in [0.05, 0.1) is 7.11 Å². The highest BCUT2D eigenvalue weighted by Crippen LogP contribution is 2.43. The van der Waals surface area contributed by atoms with E-state index in [2.05, 4.69) is 14.5 Å². The first-order chi connectivity index (χ1) is 8.04. The zero-order valence-corrected chi connectivity index (χ0v) is 9.11. The zero-order valence-electron chi connectivity index (χ0n) is 9.11. The average molecular weight is 275 g/mol. The second-order valence-electron chi connectivity index (χ2n) is 3.19. The van der Waals surface area contributed by atoms with E-state index in [0.29, 0.717) is 6.07 Å². The maximum absolute atomic E-state index is 12.6. The lowest BCUT2D eigenvalue weighted by molar-refractivity contribution is -0.276. The number of methoxy groups -OCH3 is 1. The van der Waals surface area contributed by atoms with Gasteiger partial charge in [-0.15, -0.1) is 13.2 Å². The number of aromatic nitrogens is 1. The third-order valence-corrected chi connectivity index (χ3v) is 1.78. The van der Waals surface area contributed by atoms with Crippen molar-refractivity contribution >= 4 is 0 Å². The number of hydrogen-bond acceptors (Lipinski definition) is 3. The number of hydrogen-bond donors (Lipinski definition) is 0. The van der Waals surface area contributed by atoms with E-state index < -0.39 is 29.7 Å². The van der Waals surface area contributed by atoms with Gasteiger partial charge in [0.15, 0.2) is 5.56 Å². The highest BCUT2D eigenvalue weighted by atomic mass is 19.4. The standard InChI is InChI=1S/C9H7F6NO2/c1-4-3-5(18-9(13,14)15)6(8(10,11)12)7(16-4)17-2/h3H,1-2H3. The molecule has 102 valence electrons. The van der Waals surface area contributed by atoms with Gasteiger partial charge in [-0.2, -0.15) is 13.2 Å². The summed E-state index contributed by atoms with van der Waals surface area (Å²) in [4.78, 5) is 3.36. The third-order valence-electron chi connectivity index (χ3n) is 1.78. The lowest BCUT2D eigenvalue weighted by atomic mass is 10.2. The van der Waals surface area contributed by atoms with E-state index in [4.69, 9.17) is 0 Å². The van der Waals surface area contributed by atoms with E-state index in [1.165, 1.54) is 6.92 Å². The Morgan fingerprint density at radius 3 is 2.06 bits per heavy atom. The predicted octanol–water partition coefficient (Wildman–Crippen LogP) is 3.32. The van der Waals surface area contributed by atoms with Gasteiger partial charge < -0.3 is 9.47 Å². The first kappa shape index (κ1) is 14.4. The molecule has 9 heteroatoms. The lowest BCUT2D eigenvalue weighted by Gasteiger charge is -2.17. The number of ether oxygens (including phenoxy) is 2. The van der Waals surface area contributed by atoms with Gasteiger partial charge in [-0.1, -0.05) is 0 Å². The molecular weight excluding hydrogens is 268 g/mol. The summed E-state index contributed by atoms with van der Waals surface area (Å²) < 4.78 is 81.7. The summed E-state index contributed by atoms with van der Waals surface area (Å²) in [5.74, 6) is -2.36. The van der Waals surface area contributed by atoms with Crippen LogP contribution in [0.15, 0.2) is 6.07 Å². The van der Waals surface area contributed by atoms with Crippen molar-refractivity contribution in [2.45, 2.75) is 19.5 Å². The van der Waals surface area contributed by atoms with Crippen LogP contribution in [-0.4, -0.2) is 18.5 Å². The molecule has 0 unspecified atom stereocenters. The normalized spacial score (nSPS) is 12.4. The van der Waals surface area contributed by atoms with Crippen LogP contribution in [0.5, 0.6) is 11.6 Å². The molecule has 0 saturated carbocycles. The van der Waals surface area contributed by atoms with Crippen molar-refractivity contribution in [2.75, 3.05) is 7.11 Å².